The van der Waals surface area contributed by atoms with E-state index in [0.29, 0.717) is 51.4 Å². The van der Waals surface area contributed by atoms with Gasteiger partial charge in [0.1, 0.15) is 10.6 Å². The Labute approximate surface area is 212 Å². The van der Waals surface area contributed by atoms with Crippen LogP contribution in [0.5, 0.6) is 11.5 Å². The second-order valence-corrected chi connectivity index (χ2v) is 9.71. The number of benzene rings is 2. The molecule has 0 saturated heterocycles. The smallest absolute Gasteiger partial charge is 0.297 e. The second kappa shape index (κ2) is 10.1. The summed E-state index contributed by atoms with van der Waals surface area (Å²) in [6.07, 6.45) is 3.14. The largest absolute Gasteiger partial charge is 0.490 e. The van der Waals surface area contributed by atoms with Crippen LogP contribution >= 0.6 is 11.3 Å². The van der Waals surface area contributed by atoms with Gasteiger partial charge in [-0.1, -0.05) is 49.3 Å². The fourth-order valence-electron chi connectivity index (χ4n) is 4.43. The van der Waals surface area contributed by atoms with E-state index in [0.717, 1.165) is 19.3 Å². The van der Waals surface area contributed by atoms with E-state index in [2.05, 4.69) is 17.1 Å². The van der Waals surface area contributed by atoms with Crippen LogP contribution < -0.4 is 19.8 Å². The molecule has 1 atom stereocenters. The van der Waals surface area contributed by atoms with Gasteiger partial charge < -0.3 is 13.9 Å². The van der Waals surface area contributed by atoms with Gasteiger partial charge in [0.2, 0.25) is 10.9 Å². The molecule has 9 heteroatoms. The summed E-state index contributed by atoms with van der Waals surface area (Å²) in [4.78, 5) is 28.8. The number of nitrogens with zero attached hydrogens (tertiary/aromatic N) is 3. The molecule has 0 aliphatic carbocycles. The minimum Gasteiger partial charge on any atom is -0.490 e. The number of aromatic nitrogens is 2. The zero-order valence-corrected chi connectivity index (χ0v) is 21.3. The van der Waals surface area contributed by atoms with E-state index in [1.54, 1.807) is 24.3 Å². The Hall–Kier alpha value is -3.72. The molecule has 1 amide bonds. The standard InChI is InChI=1S/C27H27N3O5S/c1-4-6-9-14-34-20-13-12-17(15-21(20)33-5-2)23-22-24(31)18-10-7-8-11-19(18)35-25(22)26(32)30(23)27-29-28-16(3)36-27/h7-8,10-13,15,23H,4-6,9,14H2,1-3H3/t23-/m1/s1. The summed E-state index contributed by atoms with van der Waals surface area (Å²) in [5.41, 5.74) is 1.11. The Balaban J connectivity index is 1.65. The number of fused-ring (bicyclic) bond motifs is 2. The number of para-hydroxylation sites is 1. The van der Waals surface area contributed by atoms with Crippen molar-refractivity contribution < 1.29 is 18.7 Å². The highest BCUT2D eigenvalue weighted by Crippen LogP contribution is 2.44. The van der Waals surface area contributed by atoms with E-state index < -0.39 is 11.9 Å². The zero-order chi connectivity index (χ0) is 25.2. The molecule has 186 valence electrons. The summed E-state index contributed by atoms with van der Waals surface area (Å²) in [5.74, 6) is 0.789. The maximum absolute atomic E-state index is 13.7. The third-order valence-electron chi connectivity index (χ3n) is 6.09. The molecular weight excluding hydrogens is 478 g/mol. The van der Waals surface area contributed by atoms with Crippen LogP contribution in [0.2, 0.25) is 0 Å². The molecule has 36 heavy (non-hydrogen) atoms. The summed E-state index contributed by atoms with van der Waals surface area (Å²) in [6, 6.07) is 11.7. The average molecular weight is 506 g/mol. The molecule has 2 aromatic carbocycles. The van der Waals surface area contributed by atoms with Crippen LogP contribution in [0.4, 0.5) is 5.13 Å². The molecule has 0 bridgehead atoms. The lowest BCUT2D eigenvalue weighted by atomic mass is 9.98. The highest BCUT2D eigenvalue weighted by Gasteiger charge is 2.45. The van der Waals surface area contributed by atoms with Crippen LogP contribution in [0.3, 0.4) is 0 Å². The third-order valence-corrected chi connectivity index (χ3v) is 6.93. The van der Waals surface area contributed by atoms with Crippen molar-refractivity contribution in [2.75, 3.05) is 18.1 Å². The molecule has 0 N–H and O–H groups in total. The molecule has 4 aromatic rings. The van der Waals surface area contributed by atoms with Crippen LogP contribution in [0.1, 0.15) is 65.8 Å². The van der Waals surface area contributed by atoms with E-state index in [-0.39, 0.29) is 16.8 Å². The van der Waals surface area contributed by atoms with Gasteiger partial charge in [-0.3, -0.25) is 14.5 Å². The zero-order valence-electron chi connectivity index (χ0n) is 20.4. The minimum absolute atomic E-state index is 0.0226. The maximum Gasteiger partial charge on any atom is 0.297 e. The molecule has 0 unspecified atom stereocenters. The summed E-state index contributed by atoms with van der Waals surface area (Å²) >= 11 is 1.28. The van der Waals surface area contributed by atoms with Crippen LogP contribution in [0.25, 0.3) is 11.0 Å². The fraction of sp³-hybridized carbons (Fsp3) is 0.333. The number of rotatable bonds is 9. The number of hydrogen-bond donors (Lipinski definition) is 0. The minimum atomic E-state index is -0.742. The molecule has 3 heterocycles. The van der Waals surface area contributed by atoms with Crippen LogP contribution in [-0.2, 0) is 0 Å². The number of unbranched alkanes of at least 4 members (excludes halogenated alkanes) is 2. The van der Waals surface area contributed by atoms with E-state index in [1.807, 2.05) is 32.0 Å². The monoisotopic (exact) mass is 505 g/mol. The van der Waals surface area contributed by atoms with E-state index in [9.17, 15) is 9.59 Å². The number of anilines is 1. The first kappa shape index (κ1) is 24.0. The second-order valence-electron chi connectivity index (χ2n) is 8.55. The van der Waals surface area contributed by atoms with Crippen LogP contribution in [0.15, 0.2) is 51.7 Å². The highest BCUT2D eigenvalue weighted by molar-refractivity contribution is 7.15. The van der Waals surface area contributed by atoms with Gasteiger partial charge >= 0.3 is 0 Å². The lowest BCUT2D eigenvalue weighted by molar-refractivity contribution is 0.0970. The molecule has 8 nitrogen and oxygen atoms in total. The Bertz CT molecular complexity index is 1480. The molecule has 2 aromatic heterocycles. The number of aryl methyl sites for hydroxylation is 1. The number of hydrogen-bond acceptors (Lipinski definition) is 8. The quantitative estimate of drug-likeness (QED) is 0.271. The number of amides is 1. The Morgan fingerprint density at radius 1 is 1.03 bits per heavy atom. The maximum atomic E-state index is 13.7. The molecule has 0 radical (unpaired) electrons. The molecule has 1 aliphatic heterocycles. The molecule has 0 fully saturated rings. The molecule has 0 saturated carbocycles. The van der Waals surface area contributed by atoms with Crippen molar-refractivity contribution >= 4 is 33.3 Å². The lowest BCUT2D eigenvalue weighted by Crippen LogP contribution is -2.29. The van der Waals surface area contributed by atoms with Crippen molar-refractivity contribution in [2.45, 2.75) is 46.1 Å². The molecule has 5 rings (SSSR count). The predicted octanol–water partition coefficient (Wildman–Crippen LogP) is 5.67. The van der Waals surface area contributed by atoms with Gasteiger partial charge in [0.05, 0.1) is 30.2 Å². The van der Waals surface area contributed by atoms with Gasteiger partial charge in [0.25, 0.3) is 5.91 Å². The average Bonchev–Trinajstić information content (AvgIpc) is 3.43. The molecular formula is C27H27N3O5S. The highest BCUT2D eigenvalue weighted by atomic mass is 32.1. The fourth-order valence-corrected chi connectivity index (χ4v) is 5.15. The van der Waals surface area contributed by atoms with Crippen molar-refractivity contribution in [3.63, 3.8) is 0 Å². The Morgan fingerprint density at radius 3 is 2.61 bits per heavy atom. The van der Waals surface area contributed by atoms with Gasteiger partial charge in [-0.25, -0.2) is 0 Å². The number of ether oxygens (including phenoxy) is 2. The summed E-state index contributed by atoms with van der Waals surface area (Å²) in [7, 11) is 0. The predicted molar refractivity (Wildman–Crippen MR) is 138 cm³/mol. The van der Waals surface area contributed by atoms with E-state index >= 15 is 0 Å². The van der Waals surface area contributed by atoms with E-state index in [1.165, 1.54) is 16.2 Å². The van der Waals surface area contributed by atoms with Crippen molar-refractivity contribution in [2.24, 2.45) is 0 Å². The van der Waals surface area contributed by atoms with Crippen molar-refractivity contribution in [1.29, 1.82) is 0 Å². The van der Waals surface area contributed by atoms with Crippen LogP contribution in [0, 0.1) is 6.92 Å². The van der Waals surface area contributed by atoms with Gasteiger partial charge in [0, 0.05) is 0 Å². The van der Waals surface area contributed by atoms with Gasteiger partial charge in [-0.15, -0.1) is 10.2 Å². The molecule has 0 spiro atoms. The van der Waals surface area contributed by atoms with Gasteiger partial charge in [0.15, 0.2) is 16.9 Å². The van der Waals surface area contributed by atoms with E-state index in [4.69, 9.17) is 13.9 Å². The Morgan fingerprint density at radius 2 is 1.86 bits per heavy atom. The van der Waals surface area contributed by atoms with Crippen molar-refractivity contribution in [3.05, 3.63) is 74.6 Å². The van der Waals surface area contributed by atoms with Gasteiger partial charge in [-0.2, -0.15) is 0 Å². The first-order chi connectivity index (χ1) is 17.5. The molecule has 1 aliphatic rings. The Kier molecular flexibility index (Phi) is 6.73. The first-order valence-corrected chi connectivity index (χ1v) is 12.9. The first-order valence-electron chi connectivity index (χ1n) is 12.1. The number of carbonyl (C=O) groups excluding carboxylic acids is 1. The SMILES string of the molecule is CCCCCOc1ccc([C@@H]2c3c(oc4ccccc4c3=O)C(=O)N2c2nnc(C)s2)cc1OCC. The third kappa shape index (κ3) is 4.24. The summed E-state index contributed by atoms with van der Waals surface area (Å²) < 4.78 is 17.9. The number of carbonyl (C=O) groups is 1. The van der Waals surface area contributed by atoms with Gasteiger partial charge in [-0.05, 0) is 50.1 Å². The van der Waals surface area contributed by atoms with Crippen molar-refractivity contribution in [1.82, 2.24) is 10.2 Å². The lowest BCUT2D eigenvalue weighted by Gasteiger charge is -2.23. The normalized spacial score (nSPS) is 14.9. The summed E-state index contributed by atoms with van der Waals surface area (Å²) in [5, 5.41) is 9.84. The van der Waals surface area contributed by atoms with Crippen molar-refractivity contribution in [3.8, 4) is 11.5 Å². The summed E-state index contributed by atoms with van der Waals surface area (Å²) in [6.45, 7) is 6.90. The topological polar surface area (TPSA) is 94.8 Å². The van der Waals surface area contributed by atoms with Crippen LogP contribution in [-0.4, -0.2) is 29.3 Å².